The number of nitrogens with one attached hydrogen (secondary N) is 2. The second kappa shape index (κ2) is 9.40. The van der Waals surface area contributed by atoms with Crippen LogP contribution in [0.2, 0.25) is 0 Å². The maximum atomic E-state index is 13.7. The van der Waals surface area contributed by atoms with Crippen LogP contribution in [0.15, 0.2) is 59.4 Å². The molecule has 1 aliphatic rings. The molecular formula is C26H25N3O4S. The molecule has 174 valence electrons. The van der Waals surface area contributed by atoms with Gasteiger partial charge in [-0.25, -0.2) is 0 Å². The predicted molar refractivity (Wildman–Crippen MR) is 134 cm³/mol. The lowest BCUT2D eigenvalue weighted by molar-refractivity contribution is 0.0929. The number of hydrogen-bond donors (Lipinski definition) is 2. The van der Waals surface area contributed by atoms with Crippen molar-refractivity contribution in [1.82, 2.24) is 15.2 Å². The maximum absolute atomic E-state index is 13.7. The molecule has 1 aliphatic heterocycles. The van der Waals surface area contributed by atoms with E-state index in [1.807, 2.05) is 30.3 Å². The molecule has 1 fully saturated rings. The zero-order chi connectivity index (χ0) is 23.7. The molecule has 0 atom stereocenters. The molecule has 5 rings (SSSR count). The van der Waals surface area contributed by atoms with E-state index >= 15 is 0 Å². The molecule has 7 nitrogen and oxygen atoms in total. The molecule has 0 saturated carbocycles. The van der Waals surface area contributed by atoms with Gasteiger partial charge in [-0.15, -0.1) is 11.3 Å². The Labute approximate surface area is 200 Å². The van der Waals surface area contributed by atoms with Gasteiger partial charge in [-0.3, -0.25) is 19.0 Å². The van der Waals surface area contributed by atoms with Gasteiger partial charge >= 0.3 is 0 Å². The molecule has 0 bridgehead atoms. The van der Waals surface area contributed by atoms with Crippen molar-refractivity contribution in [3.63, 3.8) is 0 Å². The van der Waals surface area contributed by atoms with Gasteiger partial charge in [0.2, 0.25) is 0 Å². The minimum atomic E-state index is -0.341. The second-order valence-corrected chi connectivity index (χ2v) is 9.38. The van der Waals surface area contributed by atoms with E-state index in [9.17, 15) is 14.4 Å². The number of ether oxygens (including phenoxy) is 1. The molecule has 0 unspecified atom stereocenters. The van der Waals surface area contributed by atoms with Crippen LogP contribution in [0.1, 0.15) is 32.9 Å². The smallest absolute Gasteiger partial charge is 0.265 e. The molecule has 3 heterocycles. The van der Waals surface area contributed by atoms with Crippen LogP contribution >= 0.6 is 11.3 Å². The first-order chi connectivity index (χ1) is 16.6. The number of thiophene rings is 1. The number of Topliss-reactive ketones (excluding diaryl/α,β-unsaturated/α-hetero) is 1. The van der Waals surface area contributed by atoms with Crippen LogP contribution in [0.25, 0.3) is 21.0 Å². The topological polar surface area (TPSA) is 89.4 Å². The van der Waals surface area contributed by atoms with Gasteiger partial charge in [-0.05, 0) is 32.0 Å². The van der Waals surface area contributed by atoms with E-state index in [0.29, 0.717) is 26.0 Å². The number of carbonyl (C=O) groups excluding carboxylic acids is 2. The molecule has 2 aromatic carbocycles. The van der Waals surface area contributed by atoms with Crippen LogP contribution in [0.4, 0.5) is 0 Å². The third-order valence-electron chi connectivity index (χ3n) is 6.25. The number of aromatic nitrogens is 1. The van der Waals surface area contributed by atoms with Crippen molar-refractivity contribution in [2.24, 2.45) is 0 Å². The Hall–Kier alpha value is -3.49. The molecule has 8 heteroatoms. The van der Waals surface area contributed by atoms with Crippen LogP contribution in [0.5, 0.6) is 5.75 Å². The summed E-state index contributed by atoms with van der Waals surface area (Å²) in [7, 11) is 1.47. The normalized spacial score (nSPS) is 14.4. The monoisotopic (exact) mass is 475 g/mol. The zero-order valence-electron chi connectivity index (χ0n) is 18.8. The first-order valence-electron chi connectivity index (χ1n) is 11.3. The lowest BCUT2D eigenvalue weighted by Gasteiger charge is -2.23. The van der Waals surface area contributed by atoms with Crippen LogP contribution < -0.4 is 20.9 Å². The van der Waals surface area contributed by atoms with Gasteiger partial charge in [-0.2, -0.15) is 0 Å². The molecule has 2 N–H and O–H groups in total. The highest BCUT2D eigenvalue weighted by Crippen LogP contribution is 2.39. The standard InChI is InChI=1S/C26H25N3O4S/c1-33-22-21-23(34-24(22)25(31)28-17-11-13-27-14-12-17)18-9-5-6-10-19(18)29(26(21)32)15-20(30)16-7-3-2-4-8-16/h2-10,17,27H,11-15H2,1H3,(H,28,31). The highest BCUT2D eigenvalue weighted by Gasteiger charge is 2.27. The zero-order valence-corrected chi connectivity index (χ0v) is 19.6. The van der Waals surface area contributed by atoms with Crippen molar-refractivity contribution < 1.29 is 14.3 Å². The van der Waals surface area contributed by atoms with Crippen molar-refractivity contribution in [2.45, 2.75) is 25.4 Å². The summed E-state index contributed by atoms with van der Waals surface area (Å²) in [4.78, 5) is 40.3. The molecule has 4 aromatic rings. The average Bonchev–Trinajstić information content (AvgIpc) is 3.28. The minimum absolute atomic E-state index is 0.0839. The number of piperidine rings is 1. The number of methoxy groups -OCH3 is 1. The summed E-state index contributed by atoms with van der Waals surface area (Å²) in [5.74, 6) is -0.131. The van der Waals surface area contributed by atoms with Crippen molar-refractivity contribution in [1.29, 1.82) is 0 Å². The summed E-state index contributed by atoms with van der Waals surface area (Å²) >= 11 is 1.26. The molecule has 2 aromatic heterocycles. The van der Waals surface area contributed by atoms with E-state index in [1.165, 1.54) is 23.0 Å². The summed E-state index contributed by atoms with van der Waals surface area (Å²) in [6, 6.07) is 16.5. The van der Waals surface area contributed by atoms with Crippen LogP contribution in [0.3, 0.4) is 0 Å². The Kier molecular flexibility index (Phi) is 6.17. The molecule has 1 saturated heterocycles. The van der Waals surface area contributed by atoms with Crippen LogP contribution in [-0.4, -0.2) is 42.5 Å². The van der Waals surface area contributed by atoms with Gasteiger partial charge in [0.15, 0.2) is 11.5 Å². The number of rotatable bonds is 6. The van der Waals surface area contributed by atoms with Crippen molar-refractivity contribution in [3.05, 3.63) is 75.4 Å². The number of pyridine rings is 1. The third kappa shape index (κ3) is 3.99. The number of carbonyl (C=O) groups is 2. The van der Waals surface area contributed by atoms with Gasteiger partial charge in [-0.1, -0.05) is 48.5 Å². The van der Waals surface area contributed by atoms with Crippen molar-refractivity contribution >= 4 is 44.0 Å². The summed E-state index contributed by atoms with van der Waals surface area (Å²) in [5.41, 5.74) is 0.850. The first-order valence-corrected chi connectivity index (χ1v) is 12.1. The number of hydrogen-bond acceptors (Lipinski definition) is 6. The van der Waals surface area contributed by atoms with E-state index in [4.69, 9.17) is 4.74 Å². The molecule has 0 spiro atoms. The number of amides is 1. The Balaban J connectivity index is 1.64. The lowest BCUT2D eigenvalue weighted by Crippen LogP contribution is -2.42. The highest BCUT2D eigenvalue weighted by molar-refractivity contribution is 7.22. The third-order valence-corrected chi connectivity index (χ3v) is 7.45. The molecule has 34 heavy (non-hydrogen) atoms. The Morgan fingerprint density at radius 3 is 2.53 bits per heavy atom. The SMILES string of the molecule is COc1c(C(=O)NC2CCNCC2)sc2c1c(=O)n(CC(=O)c1ccccc1)c1ccccc21. The molecule has 1 amide bonds. The summed E-state index contributed by atoms with van der Waals surface area (Å²) in [6.07, 6.45) is 1.71. The van der Waals surface area contributed by atoms with E-state index in [2.05, 4.69) is 10.6 Å². The molecular weight excluding hydrogens is 450 g/mol. The number of benzene rings is 2. The average molecular weight is 476 g/mol. The second-order valence-electron chi connectivity index (χ2n) is 8.36. The van der Waals surface area contributed by atoms with Gasteiger partial charge in [0, 0.05) is 17.0 Å². The molecule has 0 radical (unpaired) electrons. The quantitative estimate of drug-likeness (QED) is 0.416. The Morgan fingerprint density at radius 2 is 1.79 bits per heavy atom. The van der Waals surface area contributed by atoms with E-state index in [-0.39, 0.29) is 35.6 Å². The van der Waals surface area contributed by atoms with Gasteiger partial charge < -0.3 is 15.4 Å². The number of nitrogens with zero attached hydrogens (tertiary/aromatic N) is 1. The van der Waals surface area contributed by atoms with Crippen LogP contribution in [-0.2, 0) is 6.54 Å². The lowest BCUT2D eigenvalue weighted by atomic mass is 10.1. The first kappa shape index (κ1) is 22.3. The summed E-state index contributed by atoms with van der Waals surface area (Å²) in [5, 5.41) is 7.53. The van der Waals surface area contributed by atoms with Crippen LogP contribution in [0, 0.1) is 0 Å². The van der Waals surface area contributed by atoms with Crippen molar-refractivity contribution in [2.75, 3.05) is 20.2 Å². The maximum Gasteiger partial charge on any atom is 0.265 e. The van der Waals surface area contributed by atoms with Gasteiger partial charge in [0.25, 0.3) is 11.5 Å². The van der Waals surface area contributed by atoms with Crippen molar-refractivity contribution in [3.8, 4) is 5.75 Å². The Bertz CT molecular complexity index is 1440. The number of para-hydroxylation sites is 1. The largest absolute Gasteiger partial charge is 0.494 e. The summed E-state index contributed by atoms with van der Waals surface area (Å²) < 4.78 is 7.80. The van der Waals surface area contributed by atoms with E-state index in [0.717, 1.165) is 31.3 Å². The summed E-state index contributed by atoms with van der Waals surface area (Å²) in [6.45, 7) is 1.62. The minimum Gasteiger partial charge on any atom is -0.494 e. The van der Waals surface area contributed by atoms with Gasteiger partial charge in [0.1, 0.15) is 10.3 Å². The van der Waals surface area contributed by atoms with Gasteiger partial charge in [0.05, 0.1) is 23.9 Å². The molecule has 0 aliphatic carbocycles. The Morgan fingerprint density at radius 1 is 1.09 bits per heavy atom. The van der Waals surface area contributed by atoms with E-state index in [1.54, 1.807) is 24.3 Å². The fourth-order valence-corrected chi connectivity index (χ4v) is 5.72. The number of ketones is 1. The fraction of sp³-hybridized carbons (Fsp3) is 0.269. The highest BCUT2D eigenvalue weighted by atomic mass is 32.1. The van der Waals surface area contributed by atoms with E-state index < -0.39 is 0 Å². The fourth-order valence-electron chi connectivity index (χ4n) is 4.52. The number of fused-ring (bicyclic) bond motifs is 3. The predicted octanol–water partition coefficient (Wildman–Crippen LogP) is 3.59.